The van der Waals surface area contributed by atoms with E-state index >= 15 is 0 Å². The zero-order chi connectivity index (χ0) is 16.9. The average Bonchev–Trinajstić information content (AvgIpc) is 2.39. The van der Waals surface area contributed by atoms with E-state index in [1.54, 1.807) is 6.92 Å². The summed E-state index contributed by atoms with van der Waals surface area (Å²) in [6, 6.07) is 5.30. The van der Waals surface area contributed by atoms with Crippen LogP contribution in [0.3, 0.4) is 0 Å². The Hall–Kier alpha value is -1.44. The molecule has 0 aliphatic carbocycles. The number of hydrogen-bond donors (Lipinski definition) is 1. The van der Waals surface area contributed by atoms with Crippen molar-refractivity contribution in [2.75, 3.05) is 24.4 Å². The Balaban J connectivity index is 3.36. The van der Waals surface area contributed by atoms with E-state index < -0.39 is 21.8 Å². The number of carbonyl (C=O) groups excluding carboxylic acids is 1. The molecule has 1 rings (SSSR count). The van der Waals surface area contributed by atoms with Gasteiger partial charge in [-0.1, -0.05) is 25.1 Å². The van der Waals surface area contributed by atoms with Crippen LogP contribution < -0.4 is 4.90 Å². The van der Waals surface area contributed by atoms with Crippen LogP contribution in [0.1, 0.15) is 25.0 Å². The molecule has 0 fully saturated rings. The van der Waals surface area contributed by atoms with Crippen molar-refractivity contribution >= 4 is 21.7 Å². The molecule has 1 N–H and O–H groups in total. The number of benzene rings is 1. The van der Waals surface area contributed by atoms with Crippen molar-refractivity contribution in [1.29, 1.82) is 0 Å². The highest BCUT2D eigenvalue weighted by atomic mass is 32.2. The first-order chi connectivity index (χ1) is 10.2. The highest BCUT2D eigenvalue weighted by molar-refractivity contribution is 7.86. The van der Waals surface area contributed by atoms with E-state index in [9.17, 15) is 13.2 Å². The second kappa shape index (κ2) is 7.71. The van der Waals surface area contributed by atoms with E-state index in [2.05, 4.69) is 0 Å². The van der Waals surface area contributed by atoms with Gasteiger partial charge in [-0.3, -0.25) is 9.35 Å². The Kier molecular flexibility index (Phi) is 6.52. The lowest BCUT2D eigenvalue weighted by atomic mass is 10.0. The third-order valence-corrected chi connectivity index (χ3v) is 3.98. The number of methoxy groups -OCH3 is 1. The molecule has 0 aliphatic heterocycles. The molecule has 0 spiro atoms. The van der Waals surface area contributed by atoms with Gasteiger partial charge in [0.05, 0.1) is 18.3 Å². The molecular weight excluding hydrogens is 306 g/mol. The number of amides is 1. The van der Waals surface area contributed by atoms with Crippen LogP contribution in [0.4, 0.5) is 5.69 Å². The van der Waals surface area contributed by atoms with Gasteiger partial charge in [-0.05, 0) is 31.4 Å². The van der Waals surface area contributed by atoms with Gasteiger partial charge in [-0.2, -0.15) is 8.42 Å². The maximum Gasteiger partial charge on any atom is 0.274 e. The molecule has 0 saturated carbocycles. The number of aryl methyl sites for hydroxylation is 2. The first-order valence-corrected chi connectivity index (χ1v) is 8.66. The summed E-state index contributed by atoms with van der Waals surface area (Å²) in [7, 11) is -2.87. The molecule has 0 saturated heterocycles. The zero-order valence-electron chi connectivity index (χ0n) is 13.4. The Morgan fingerprint density at radius 2 is 2.05 bits per heavy atom. The monoisotopic (exact) mass is 329 g/mol. The topological polar surface area (TPSA) is 83.9 Å². The maximum absolute atomic E-state index is 12.4. The Labute approximate surface area is 131 Å². The molecule has 7 heteroatoms. The molecule has 1 atom stereocenters. The molecular formula is C15H23NO5S. The molecule has 124 valence electrons. The number of ether oxygens (including phenoxy) is 1. The molecule has 0 aliphatic rings. The van der Waals surface area contributed by atoms with Crippen LogP contribution in [-0.2, 0) is 26.1 Å². The summed E-state index contributed by atoms with van der Waals surface area (Å²) in [5, 5.41) is 0. The van der Waals surface area contributed by atoms with Crippen molar-refractivity contribution in [3.63, 3.8) is 0 Å². The molecule has 0 radical (unpaired) electrons. The summed E-state index contributed by atoms with van der Waals surface area (Å²) >= 11 is 0. The third-order valence-electron chi connectivity index (χ3n) is 3.37. The SMILES string of the molecule is CCc1cccc(C)c1N(C(=O)CS(=O)(=O)O)[C@@H](C)COC. The summed E-state index contributed by atoms with van der Waals surface area (Å²) in [5.41, 5.74) is 2.49. The first kappa shape index (κ1) is 18.6. The fourth-order valence-corrected chi connectivity index (χ4v) is 2.93. The first-order valence-electron chi connectivity index (χ1n) is 7.05. The minimum Gasteiger partial charge on any atom is -0.383 e. The van der Waals surface area contributed by atoms with Crippen molar-refractivity contribution in [3.05, 3.63) is 29.3 Å². The second-order valence-corrected chi connectivity index (χ2v) is 6.68. The summed E-state index contributed by atoms with van der Waals surface area (Å²) < 4.78 is 36.2. The summed E-state index contributed by atoms with van der Waals surface area (Å²) in [6.07, 6.45) is 0.701. The number of carbonyl (C=O) groups is 1. The van der Waals surface area contributed by atoms with Gasteiger partial charge < -0.3 is 9.64 Å². The fourth-order valence-electron chi connectivity index (χ4n) is 2.48. The van der Waals surface area contributed by atoms with E-state index in [1.807, 2.05) is 32.0 Å². The van der Waals surface area contributed by atoms with Crippen molar-refractivity contribution < 1.29 is 22.5 Å². The van der Waals surface area contributed by atoms with Gasteiger partial charge in [-0.15, -0.1) is 0 Å². The predicted octanol–water partition coefficient (Wildman–Crippen LogP) is 1.81. The lowest BCUT2D eigenvalue weighted by molar-refractivity contribution is -0.117. The average molecular weight is 329 g/mol. The predicted molar refractivity (Wildman–Crippen MR) is 85.8 cm³/mol. The van der Waals surface area contributed by atoms with E-state index in [-0.39, 0.29) is 12.6 Å². The number of nitrogens with zero attached hydrogens (tertiary/aromatic N) is 1. The van der Waals surface area contributed by atoms with Crippen LogP contribution in [0.15, 0.2) is 18.2 Å². The van der Waals surface area contributed by atoms with Gasteiger partial charge >= 0.3 is 0 Å². The van der Waals surface area contributed by atoms with Crippen molar-refractivity contribution in [3.8, 4) is 0 Å². The smallest absolute Gasteiger partial charge is 0.274 e. The lowest BCUT2D eigenvalue weighted by Crippen LogP contribution is -2.45. The van der Waals surface area contributed by atoms with E-state index in [0.717, 1.165) is 11.1 Å². The number of rotatable bonds is 7. The quantitative estimate of drug-likeness (QED) is 0.771. The number of hydrogen-bond acceptors (Lipinski definition) is 4. The molecule has 1 amide bonds. The number of para-hydroxylation sites is 1. The number of anilines is 1. The van der Waals surface area contributed by atoms with Gasteiger partial charge in [0.15, 0.2) is 5.75 Å². The zero-order valence-corrected chi connectivity index (χ0v) is 14.2. The largest absolute Gasteiger partial charge is 0.383 e. The van der Waals surface area contributed by atoms with Crippen LogP contribution in [0.25, 0.3) is 0 Å². The molecule has 22 heavy (non-hydrogen) atoms. The van der Waals surface area contributed by atoms with Gasteiger partial charge in [0.25, 0.3) is 10.1 Å². The van der Waals surface area contributed by atoms with Crippen molar-refractivity contribution in [2.24, 2.45) is 0 Å². The molecule has 0 bridgehead atoms. The van der Waals surface area contributed by atoms with Crippen LogP contribution in [0.2, 0.25) is 0 Å². The standard InChI is InChI=1S/C15H23NO5S/c1-5-13-8-6-7-11(2)15(13)16(12(3)9-21-4)14(17)10-22(18,19)20/h6-8,12H,5,9-10H2,1-4H3,(H,18,19,20)/t12-/m0/s1. The normalized spacial score (nSPS) is 13.0. The van der Waals surface area contributed by atoms with Gasteiger partial charge in [0.1, 0.15) is 0 Å². The summed E-state index contributed by atoms with van der Waals surface area (Å²) in [4.78, 5) is 13.8. The molecule has 1 aromatic rings. The highest BCUT2D eigenvalue weighted by Crippen LogP contribution is 2.28. The molecule has 6 nitrogen and oxygen atoms in total. The van der Waals surface area contributed by atoms with Crippen LogP contribution in [0.5, 0.6) is 0 Å². The van der Waals surface area contributed by atoms with E-state index in [4.69, 9.17) is 9.29 Å². The molecule has 1 aromatic carbocycles. The Bertz CT molecular complexity index is 627. The van der Waals surface area contributed by atoms with Crippen LogP contribution >= 0.6 is 0 Å². The Morgan fingerprint density at radius 3 is 2.55 bits per heavy atom. The Morgan fingerprint density at radius 1 is 1.41 bits per heavy atom. The lowest BCUT2D eigenvalue weighted by Gasteiger charge is -2.31. The summed E-state index contributed by atoms with van der Waals surface area (Å²) in [6.45, 7) is 5.86. The third kappa shape index (κ3) is 4.79. The highest BCUT2D eigenvalue weighted by Gasteiger charge is 2.28. The molecule has 0 aromatic heterocycles. The van der Waals surface area contributed by atoms with Gasteiger partial charge in [0, 0.05) is 7.11 Å². The maximum atomic E-state index is 12.4. The summed E-state index contributed by atoms with van der Waals surface area (Å²) in [5.74, 6) is -1.62. The molecule has 0 heterocycles. The van der Waals surface area contributed by atoms with Gasteiger partial charge in [0.2, 0.25) is 5.91 Å². The fraction of sp³-hybridized carbons (Fsp3) is 0.533. The van der Waals surface area contributed by atoms with Crippen molar-refractivity contribution in [1.82, 2.24) is 0 Å². The minimum absolute atomic E-state index is 0.259. The van der Waals surface area contributed by atoms with E-state index in [0.29, 0.717) is 12.1 Å². The van der Waals surface area contributed by atoms with Gasteiger partial charge in [-0.25, -0.2) is 0 Å². The van der Waals surface area contributed by atoms with Crippen LogP contribution in [-0.4, -0.2) is 44.4 Å². The molecule has 0 unspecified atom stereocenters. The second-order valence-electron chi connectivity index (χ2n) is 5.23. The van der Waals surface area contributed by atoms with E-state index in [1.165, 1.54) is 12.0 Å². The minimum atomic E-state index is -4.39. The van der Waals surface area contributed by atoms with Crippen molar-refractivity contribution in [2.45, 2.75) is 33.2 Å². The van der Waals surface area contributed by atoms with Crippen LogP contribution in [0, 0.1) is 6.92 Å².